The van der Waals surface area contributed by atoms with Crippen LogP contribution in [0.1, 0.15) is 25.7 Å². The van der Waals surface area contributed by atoms with Gasteiger partial charge in [-0.25, -0.2) is 4.39 Å². The molecule has 0 spiro atoms. The molecule has 1 saturated carbocycles. The number of allylic oxidation sites excluding steroid dienone is 2. The lowest BCUT2D eigenvalue weighted by atomic mass is 10.2. The number of hydrogen-bond acceptors (Lipinski definition) is 4. The van der Waals surface area contributed by atoms with E-state index in [0.29, 0.717) is 0 Å². The zero-order chi connectivity index (χ0) is 17.1. The van der Waals surface area contributed by atoms with Crippen molar-refractivity contribution >= 4 is 0 Å². The Bertz CT molecular complexity index is 646. The number of para-hydroxylation sites is 1. The van der Waals surface area contributed by atoms with Gasteiger partial charge in [-0.15, -0.1) is 0 Å². The molecule has 1 aromatic carbocycles. The fraction of sp³-hybridized carbons (Fsp3) is 0.500. The number of hydrogen-bond donors (Lipinski definition) is 1. The average molecular weight is 343 g/mol. The molecule has 4 rings (SSSR count). The largest absolute Gasteiger partial charge is 0.464 e. The van der Waals surface area contributed by atoms with Crippen molar-refractivity contribution in [1.82, 2.24) is 15.1 Å². The molecule has 0 radical (unpaired) electrons. The smallest absolute Gasteiger partial charge is 0.190 e. The third kappa shape index (κ3) is 3.82. The molecular weight excluding hydrogens is 317 g/mol. The molecule has 1 atom stereocenters. The molecule has 5 heteroatoms. The lowest BCUT2D eigenvalue weighted by Crippen LogP contribution is -2.52. The van der Waals surface area contributed by atoms with Gasteiger partial charge in [0.05, 0.1) is 0 Å². The van der Waals surface area contributed by atoms with Gasteiger partial charge in [-0.05, 0) is 37.1 Å². The van der Waals surface area contributed by atoms with Gasteiger partial charge in [0, 0.05) is 32.2 Å². The summed E-state index contributed by atoms with van der Waals surface area (Å²) in [5, 5.41) is 3.38. The summed E-state index contributed by atoms with van der Waals surface area (Å²) in [6, 6.07) is 7.32. The molecule has 1 N–H and O–H groups in total. The van der Waals surface area contributed by atoms with Crippen molar-refractivity contribution in [3.8, 4) is 5.75 Å². The maximum atomic E-state index is 13.8. The standard InChI is InChI=1S/C20H26FN3O/c21-17-8-3-4-9-18(17)25-20-11-5-10-19(22-20)24-14-12-23(13-15-24)16-6-1-2-7-16/h3-5,8-11,16,20,22H,1-2,6-7,12-15H2. The van der Waals surface area contributed by atoms with Crippen molar-refractivity contribution in [2.24, 2.45) is 0 Å². The van der Waals surface area contributed by atoms with Crippen molar-refractivity contribution in [2.75, 3.05) is 26.2 Å². The van der Waals surface area contributed by atoms with E-state index in [1.165, 1.54) is 31.7 Å². The van der Waals surface area contributed by atoms with Gasteiger partial charge in [-0.1, -0.05) is 31.1 Å². The zero-order valence-electron chi connectivity index (χ0n) is 14.5. The molecule has 1 aromatic rings. The highest BCUT2D eigenvalue weighted by atomic mass is 19.1. The highest BCUT2D eigenvalue weighted by molar-refractivity contribution is 5.26. The van der Waals surface area contributed by atoms with Gasteiger partial charge in [0.25, 0.3) is 0 Å². The van der Waals surface area contributed by atoms with E-state index in [2.05, 4.69) is 21.2 Å². The molecule has 2 heterocycles. The normalized spacial score (nSPS) is 24.9. The predicted octanol–water partition coefficient (Wildman–Crippen LogP) is 3.09. The Morgan fingerprint density at radius 1 is 1.04 bits per heavy atom. The number of benzene rings is 1. The van der Waals surface area contributed by atoms with E-state index in [-0.39, 0.29) is 17.8 Å². The number of ether oxygens (including phenoxy) is 1. The first-order chi connectivity index (χ1) is 12.3. The van der Waals surface area contributed by atoms with Crippen molar-refractivity contribution < 1.29 is 9.13 Å². The van der Waals surface area contributed by atoms with Crippen LogP contribution in [0.5, 0.6) is 5.75 Å². The van der Waals surface area contributed by atoms with Crippen LogP contribution in [0.3, 0.4) is 0 Å². The van der Waals surface area contributed by atoms with Crippen LogP contribution in [0.4, 0.5) is 4.39 Å². The number of nitrogens with one attached hydrogen (secondary N) is 1. The van der Waals surface area contributed by atoms with E-state index >= 15 is 0 Å². The molecule has 134 valence electrons. The molecule has 0 bridgehead atoms. The fourth-order valence-electron chi connectivity index (χ4n) is 4.03. The first-order valence-corrected chi connectivity index (χ1v) is 9.35. The fourth-order valence-corrected chi connectivity index (χ4v) is 4.03. The average Bonchev–Trinajstić information content (AvgIpc) is 3.19. The summed E-state index contributed by atoms with van der Waals surface area (Å²) in [5.74, 6) is 1.01. The van der Waals surface area contributed by atoms with Crippen LogP contribution in [-0.2, 0) is 0 Å². The minimum Gasteiger partial charge on any atom is -0.464 e. The molecular formula is C20H26FN3O. The van der Waals surface area contributed by atoms with Gasteiger partial charge in [0.1, 0.15) is 5.82 Å². The van der Waals surface area contributed by atoms with Crippen LogP contribution in [0.15, 0.2) is 48.3 Å². The number of rotatable bonds is 4. The van der Waals surface area contributed by atoms with E-state index in [0.717, 1.165) is 38.0 Å². The van der Waals surface area contributed by atoms with Crippen molar-refractivity contribution in [2.45, 2.75) is 38.0 Å². The summed E-state index contributed by atoms with van der Waals surface area (Å²) in [7, 11) is 0. The number of piperazine rings is 1. The van der Waals surface area contributed by atoms with Gasteiger partial charge in [-0.3, -0.25) is 4.90 Å². The van der Waals surface area contributed by atoms with E-state index < -0.39 is 0 Å². The van der Waals surface area contributed by atoms with E-state index in [1.54, 1.807) is 18.2 Å². The lowest BCUT2D eigenvalue weighted by molar-refractivity contribution is 0.104. The Kier molecular flexibility index (Phi) is 4.92. The maximum Gasteiger partial charge on any atom is 0.190 e. The molecule has 0 amide bonds. The van der Waals surface area contributed by atoms with Crippen LogP contribution in [0.25, 0.3) is 0 Å². The second kappa shape index (κ2) is 7.48. The Balaban J connectivity index is 1.32. The van der Waals surface area contributed by atoms with Crippen LogP contribution in [0, 0.1) is 5.82 Å². The maximum absolute atomic E-state index is 13.8. The van der Waals surface area contributed by atoms with Crippen LogP contribution in [-0.4, -0.2) is 48.2 Å². The summed E-state index contributed by atoms with van der Waals surface area (Å²) in [4.78, 5) is 5.02. The minimum atomic E-state index is -0.343. The summed E-state index contributed by atoms with van der Waals surface area (Å²) >= 11 is 0. The third-order valence-electron chi connectivity index (χ3n) is 5.42. The molecule has 25 heavy (non-hydrogen) atoms. The summed E-state index contributed by atoms with van der Waals surface area (Å²) in [6.45, 7) is 4.28. The Labute approximate surface area is 148 Å². The Morgan fingerprint density at radius 2 is 1.80 bits per heavy atom. The number of halogens is 1. The van der Waals surface area contributed by atoms with Crippen molar-refractivity contribution in [3.05, 3.63) is 54.1 Å². The van der Waals surface area contributed by atoms with Gasteiger partial charge in [0.15, 0.2) is 17.8 Å². The van der Waals surface area contributed by atoms with Crippen LogP contribution < -0.4 is 10.1 Å². The Hall–Kier alpha value is -2.01. The molecule has 1 aliphatic carbocycles. The lowest BCUT2D eigenvalue weighted by Gasteiger charge is -2.41. The summed E-state index contributed by atoms with van der Waals surface area (Å²) < 4.78 is 19.5. The van der Waals surface area contributed by atoms with E-state index in [1.807, 2.05) is 12.2 Å². The van der Waals surface area contributed by atoms with Crippen LogP contribution >= 0.6 is 0 Å². The zero-order valence-corrected chi connectivity index (χ0v) is 14.5. The van der Waals surface area contributed by atoms with Gasteiger partial charge in [-0.2, -0.15) is 0 Å². The third-order valence-corrected chi connectivity index (χ3v) is 5.42. The van der Waals surface area contributed by atoms with Gasteiger partial charge < -0.3 is 15.0 Å². The van der Waals surface area contributed by atoms with E-state index in [4.69, 9.17) is 4.74 Å². The molecule has 1 unspecified atom stereocenters. The van der Waals surface area contributed by atoms with E-state index in [9.17, 15) is 4.39 Å². The number of dihydropyridines is 1. The van der Waals surface area contributed by atoms with Gasteiger partial charge >= 0.3 is 0 Å². The van der Waals surface area contributed by atoms with Gasteiger partial charge in [0.2, 0.25) is 0 Å². The summed E-state index contributed by atoms with van der Waals surface area (Å²) in [6.07, 6.45) is 11.1. The molecule has 2 fully saturated rings. The monoisotopic (exact) mass is 343 g/mol. The highest BCUT2D eigenvalue weighted by Crippen LogP contribution is 2.25. The predicted molar refractivity (Wildman–Crippen MR) is 96.6 cm³/mol. The SMILES string of the molecule is Fc1ccccc1OC1C=CC=C(N2CCN(C3CCCC3)CC2)N1. The first-order valence-electron chi connectivity index (χ1n) is 9.35. The first kappa shape index (κ1) is 16.5. The minimum absolute atomic E-state index is 0.275. The molecule has 3 aliphatic rings. The molecule has 1 saturated heterocycles. The molecule has 0 aromatic heterocycles. The second-order valence-corrected chi connectivity index (χ2v) is 7.01. The molecule has 4 nitrogen and oxygen atoms in total. The molecule has 2 aliphatic heterocycles. The quantitative estimate of drug-likeness (QED) is 0.909. The van der Waals surface area contributed by atoms with Crippen molar-refractivity contribution in [1.29, 1.82) is 0 Å². The second-order valence-electron chi connectivity index (χ2n) is 7.01. The highest BCUT2D eigenvalue weighted by Gasteiger charge is 2.27. The van der Waals surface area contributed by atoms with Crippen molar-refractivity contribution in [3.63, 3.8) is 0 Å². The van der Waals surface area contributed by atoms with Crippen LogP contribution in [0.2, 0.25) is 0 Å². The summed E-state index contributed by atoms with van der Waals surface area (Å²) in [5.41, 5.74) is 0. The topological polar surface area (TPSA) is 27.7 Å². The Morgan fingerprint density at radius 3 is 2.56 bits per heavy atom. The number of nitrogens with zero attached hydrogens (tertiary/aromatic N) is 2.